The molecule has 178 valence electrons. The highest BCUT2D eigenvalue weighted by Crippen LogP contribution is 2.26. The summed E-state index contributed by atoms with van der Waals surface area (Å²) in [4.78, 5) is 0.407. The normalized spacial score (nSPS) is 18.4. The van der Waals surface area contributed by atoms with Gasteiger partial charge in [-0.25, -0.2) is 16.8 Å². The standard InChI is InChI=1S/C26H28N2O4S2/c1-21-8-14-25(15-9-21)33(29,30)27-18-19-28(34(31,32)26-16-10-22(2)11-17-26)24(20-27)13-12-23-6-4-3-5-7-23/h3-17,24H,18-20H2,1-2H3. The Bertz CT molecular complexity index is 1370. The molecule has 4 rings (SSSR count). The molecule has 0 aliphatic carbocycles. The predicted octanol–water partition coefficient (Wildman–Crippen LogP) is 4.08. The van der Waals surface area contributed by atoms with Crippen molar-refractivity contribution in [1.29, 1.82) is 0 Å². The molecule has 0 aromatic heterocycles. The topological polar surface area (TPSA) is 74.8 Å². The summed E-state index contributed by atoms with van der Waals surface area (Å²) in [5.74, 6) is 0. The zero-order valence-corrected chi connectivity index (χ0v) is 20.8. The van der Waals surface area contributed by atoms with Gasteiger partial charge in [0.15, 0.2) is 0 Å². The van der Waals surface area contributed by atoms with Crippen LogP contribution >= 0.6 is 0 Å². The second-order valence-corrected chi connectivity index (χ2v) is 12.3. The van der Waals surface area contributed by atoms with Gasteiger partial charge in [0.1, 0.15) is 0 Å². The first kappa shape index (κ1) is 24.3. The van der Waals surface area contributed by atoms with E-state index in [0.29, 0.717) is 0 Å². The number of sulfonamides is 2. The lowest BCUT2D eigenvalue weighted by molar-refractivity contribution is 0.231. The summed E-state index contributed by atoms with van der Waals surface area (Å²) in [5.41, 5.74) is 2.85. The third kappa shape index (κ3) is 5.15. The van der Waals surface area contributed by atoms with Gasteiger partial charge in [0, 0.05) is 19.6 Å². The van der Waals surface area contributed by atoms with E-state index >= 15 is 0 Å². The van der Waals surface area contributed by atoms with Crippen molar-refractivity contribution in [2.45, 2.75) is 29.7 Å². The molecule has 1 fully saturated rings. The number of benzene rings is 3. The molecule has 3 aromatic rings. The number of aryl methyl sites for hydroxylation is 2. The first-order valence-corrected chi connectivity index (χ1v) is 13.9. The lowest BCUT2D eigenvalue weighted by atomic mass is 10.1. The van der Waals surface area contributed by atoms with Crippen molar-refractivity contribution in [1.82, 2.24) is 8.61 Å². The molecule has 1 unspecified atom stereocenters. The van der Waals surface area contributed by atoms with Crippen molar-refractivity contribution in [2.75, 3.05) is 19.6 Å². The lowest BCUT2D eigenvalue weighted by Gasteiger charge is -2.38. The molecule has 6 nitrogen and oxygen atoms in total. The van der Waals surface area contributed by atoms with E-state index < -0.39 is 26.1 Å². The predicted molar refractivity (Wildman–Crippen MR) is 134 cm³/mol. The highest BCUT2D eigenvalue weighted by molar-refractivity contribution is 7.89. The molecule has 0 bridgehead atoms. The largest absolute Gasteiger partial charge is 0.243 e. The minimum Gasteiger partial charge on any atom is -0.207 e. The van der Waals surface area contributed by atoms with Crippen molar-refractivity contribution in [3.05, 3.63) is 102 Å². The lowest BCUT2D eigenvalue weighted by Crippen LogP contribution is -2.55. The molecule has 1 saturated heterocycles. The van der Waals surface area contributed by atoms with Gasteiger partial charge in [0.05, 0.1) is 15.8 Å². The summed E-state index contributed by atoms with van der Waals surface area (Å²) < 4.78 is 56.4. The second-order valence-electron chi connectivity index (χ2n) is 8.44. The molecule has 1 atom stereocenters. The van der Waals surface area contributed by atoms with Gasteiger partial charge in [0.2, 0.25) is 20.0 Å². The molecule has 1 heterocycles. The average Bonchev–Trinajstić information content (AvgIpc) is 2.84. The Morgan fingerprint density at radius 1 is 0.706 bits per heavy atom. The molecule has 0 N–H and O–H groups in total. The van der Waals surface area contributed by atoms with E-state index in [4.69, 9.17) is 0 Å². The maximum Gasteiger partial charge on any atom is 0.243 e. The zero-order chi connectivity index (χ0) is 24.3. The Kier molecular flexibility index (Phi) is 7.04. The van der Waals surface area contributed by atoms with Crippen molar-refractivity contribution in [3.8, 4) is 0 Å². The van der Waals surface area contributed by atoms with Crippen LogP contribution in [0.3, 0.4) is 0 Å². The van der Waals surface area contributed by atoms with E-state index in [1.54, 1.807) is 54.6 Å². The van der Waals surface area contributed by atoms with E-state index in [2.05, 4.69) is 0 Å². The first-order valence-electron chi connectivity index (χ1n) is 11.1. The number of piperazine rings is 1. The van der Waals surface area contributed by atoms with Gasteiger partial charge in [0.25, 0.3) is 0 Å². The van der Waals surface area contributed by atoms with Crippen molar-refractivity contribution in [3.63, 3.8) is 0 Å². The van der Waals surface area contributed by atoms with Crippen LogP contribution in [0.5, 0.6) is 0 Å². The van der Waals surface area contributed by atoms with Crippen LogP contribution in [0.4, 0.5) is 0 Å². The van der Waals surface area contributed by atoms with Gasteiger partial charge >= 0.3 is 0 Å². The third-order valence-electron chi connectivity index (χ3n) is 5.93. The highest BCUT2D eigenvalue weighted by atomic mass is 32.2. The molecule has 0 amide bonds. The molecule has 1 aliphatic heterocycles. The van der Waals surface area contributed by atoms with Crippen molar-refractivity contribution >= 4 is 26.1 Å². The van der Waals surface area contributed by atoms with Crippen LogP contribution in [-0.4, -0.2) is 51.1 Å². The Morgan fingerprint density at radius 3 is 1.79 bits per heavy atom. The molecule has 3 aromatic carbocycles. The van der Waals surface area contributed by atoms with E-state index in [-0.39, 0.29) is 29.4 Å². The van der Waals surface area contributed by atoms with Gasteiger partial charge in [-0.15, -0.1) is 0 Å². The average molecular weight is 497 g/mol. The van der Waals surface area contributed by atoms with Crippen LogP contribution in [0.2, 0.25) is 0 Å². The first-order chi connectivity index (χ1) is 16.2. The number of nitrogens with zero attached hydrogens (tertiary/aromatic N) is 2. The maximum atomic E-state index is 13.5. The fourth-order valence-corrected chi connectivity index (χ4v) is 6.95. The van der Waals surface area contributed by atoms with E-state index in [0.717, 1.165) is 16.7 Å². The Morgan fingerprint density at radius 2 is 1.24 bits per heavy atom. The minimum atomic E-state index is -3.81. The van der Waals surface area contributed by atoms with Gasteiger partial charge in [-0.05, 0) is 43.7 Å². The summed E-state index contributed by atoms with van der Waals surface area (Å²) in [6.45, 7) is 3.97. The summed E-state index contributed by atoms with van der Waals surface area (Å²) >= 11 is 0. The highest BCUT2D eigenvalue weighted by Gasteiger charge is 2.39. The van der Waals surface area contributed by atoms with E-state index in [1.165, 1.54) is 8.61 Å². The number of rotatable bonds is 6. The molecule has 1 aliphatic rings. The number of hydrogen-bond donors (Lipinski definition) is 0. The summed E-state index contributed by atoms with van der Waals surface area (Å²) in [6, 6.07) is 22.3. The molecule has 34 heavy (non-hydrogen) atoms. The van der Waals surface area contributed by atoms with Gasteiger partial charge in [-0.2, -0.15) is 8.61 Å². The minimum absolute atomic E-state index is 0.0324. The van der Waals surface area contributed by atoms with Crippen LogP contribution in [0.25, 0.3) is 6.08 Å². The van der Waals surface area contributed by atoms with E-state index in [9.17, 15) is 16.8 Å². The van der Waals surface area contributed by atoms with Gasteiger partial charge in [-0.3, -0.25) is 0 Å². The fraction of sp³-hybridized carbons (Fsp3) is 0.231. The zero-order valence-electron chi connectivity index (χ0n) is 19.2. The molecular weight excluding hydrogens is 468 g/mol. The van der Waals surface area contributed by atoms with Crippen molar-refractivity contribution < 1.29 is 16.8 Å². The number of hydrogen-bond acceptors (Lipinski definition) is 4. The summed E-state index contributed by atoms with van der Waals surface area (Å²) in [5, 5.41) is 0. The van der Waals surface area contributed by atoms with Gasteiger partial charge in [-0.1, -0.05) is 77.9 Å². The molecule has 0 saturated carbocycles. The quantitative estimate of drug-likeness (QED) is 0.515. The monoisotopic (exact) mass is 496 g/mol. The van der Waals surface area contributed by atoms with Crippen LogP contribution in [-0.2, 0) is 20.0 Å². The molecule has 0 radical (unpaired) electrons. The fourth-order valence-electron chi connectivity index (χ4n) is 3.93. The Hall–Kier alpha value is -2.78. The molecule has 0 spiro atoms. The smallest absolute Gasteiger partial charge is 0.207 e. The third-order valence-corrected chi connectivity index (χ3v) is 9.75. The Labute approximate surface area is 202 Å². The van der Waals surface area contributed by atoms with Crippen molar-refractivity contribution in [2.24, 2.45) is 0 Å². The Balaban J connectivity index is 1.68. The van der Waals surface area contributed by atoms with E-state index in [1.807, 2.05) is 50.3 Å². The summed E-state index contributed by atoms with van der Waals surface area (Å²) in [7, 11) is -7.57. The molecule has 8 heteroatoms. The second kappa shape index (κ2) is 9.84. The van der Waals surface area contributed by atoms with Gasteiger partial charge < -0.3 is 0 Å². The summed E-state index contributed by atoms with van der Waals surface area (Å²) in [6.07, 6.45) is 3.61. The molecular formula is C26H28N2O4S2. The van der Waals surface area contributed by atoms with Crippen LogP contribution < -0.4 is 0 Å². The SMILES string of the molecule is Cc1ccc(S(=O)(=O)N2CCN(S(=O)(=O)c3ccc(C)cc3)C(C=Cc3ccccc3)C2)cc1. The van der Waals surface area contributed by atoms with Crippen LogP contribution in [0, 0.1) is 13.8 Å². The van der Waals surface area contributed by atoms with Crippen LogP contribution in [0.1, 0.15) is 16.7 Å². The maximum absolute atomic E-state index is 13.5. The van der Waals surface area contributed by atoms with Crippen LogP contribution in [0.15, 0.2) is 94.7 Å².